The van der Waals surface area contributed by atoms with E-state index in [0.717, 1.165) is 6.42 Å². The molecular formula is C12H17FN2O2. The lowest BCUT2D eigenvalue weighted by atomic mass is 10.2. The largest absolute Gasteiger partial charge is 0.483 e. The van der Waals surface area contributed by atoms with Gasteiger partial charge in [0.25, 0.3) is 5.91 Å². The lowest BCUT2D eigenvalue weighted by Crippen LogP contribution is -2.29. The normalized spacial score (nSPS) is 10.1. The molecule has 0 saturated carbocycles. The number of benzene rings is 1. The quantitative estimate of drug-likeness (QED) is 0.785. The van der Waals surface area contributed by atoms with E-state index in [2.05, 4.69) is 5.32 Å². The van der Waals surface area contributed by atoms with Crippen molar-refractivity contribution in [2.75, 3.05) is 13.2 Å². The molecule has 0 aromatic heterocycles. The van der Waals surface area contributed by atoms with Crippen LogP contribution in [-0.2, 0) is 11.3 Å². The number of hydrogen-bond donors (Lipinski definition) is 2. The Morgan fingerprint density at radius 3 is 2.94 bits per heavy atom. The Bertz CT molecular complexity index is 383. The minimum Gasteiger partial charge on any atom is -0.483 e. The number of ether oxygens (including phenoxy) is 1. The van der Waals surface area contributed by atoms with Crippen LogP contribution in [0.2, 0.25) is 0 Å². The molecule has 1 rings (SSSR count). The fraction of sp³-hybridized carbons (Fsp3) is 0.417. The van der Waals surface area contributed by atoms with Gasteiger partial charge in [0.2, 0.25) is 0 Å². The third kappa shape index (κ3) is 4.03. The molecule has 0 unspecified atom stereocenters. The van der Waals surface area contributed by atoms with Crippen molar-refractivity contribution < 1.29 is 13.9 Å². The monoisotopic (exact) mass is 240 g/mol. The molecule has 5 heteroatoms. The third-order valence-corrected chi connectivity index (χ3v) is 2.21. The van der Waals surface area contributed by atoms with Gasteiger partial charge in [0, 0.05) is 18.7 Å². The minimum atomic E-state index is -0.418. The second-order valence-electron chi connectivity index (χ2n) is 3.56. The van der Waals surface area contributed by atoms with Crippen LogP contribution in [0, 0.1) is 5.82 Å². The molecule has 0 aliphatic rings. The third-order valence-electron chi connectivity index (χ3n) is 2.21. The number of halogens is 1. The highest BCUT2D eigenvalue weighted by atomic mass is 19.1. The van der Waals surface area contributed by atoms with Crippen molar-refractivity contribution in [3.63, 3.8) is 0 Å². The summed E-state index contributed by atoms with van der Waals surface area (Å²) in [6.07, 6.45) is 0.861. The maximum Gasteiger partial charge on any atom is 0.257 e. The summed E-state index contributed by atoms with van der Waals surface area (Å²) in [5.41, 5.74) is 5.71. The van der Waals surface area contributed by atoms with E-state index in [4.69, 9.17) is 10.5 Å². The molecule has 0 heterocycles. The predicted molar refractivity (Wildman–Crippen MR) is 63.1 cm³/mol. The topological polar surface area (TPSA) is 64.3 Å². The molecule has 4 nitrogen and oxygen atoms in total. The summed E-state index contributed by atoms with van der Waals surface area (Å²) in [6.45, 7) is 2.48. The van der Waals surface area contributed by atoms with Crippen LogP contribution in [0.25, 0.3) is 0 Å². The molecule has 1 amide bonds. The van der Waals surface area contributed by atoms with Crippen LogP contribution in [0.15, 0.2) is 18.2 Å². The summed E-state index contributed by atoms with van der Waals surface area (Å²) in [7, 11) is 0. The number of hydrogen-bond acceptors (Lipinski definition) is 3. The van der Waals surface area contributed by atoms with Gasteiger partial charge in [0.1, 0.15) is 11.6 Å². The number of rotatable bonds is 6. The molecule has 0 atom stereocenters. The number of amides is 1. The molecule has 0 bridgehead atoms. The molecule has 1 aromatic carbocycles. The predicted octanol–water partition coefficient (Wildman–Crippen LogP) is 1.19. The summed E-state index contributed by atoms with van der Waals surface area (Å²) in [5, 5.41) is 2.67. The van der Waals surface area contributed by atoms with Crippen LogP contribution in [-0.4, -0.2) is 19.1 Å². The Labute approximate surface area is 100.0 Å². The van der Waals surface area contributed by atoms with Gasteiger partial charge < -0.3 is 15.8 Å². The summed E-state index contributed by atoms with van der Waals surface area (Å²) >= 11 is 0. The van der Waals surface area contributed by atoms with E-state index in [1.54, 1.807) is 6.07 Å². The van der Waals surface area contributed by atoms with Gasteiger partial charge >= 0.3 is 0 Å². The SMILES string of the molecule is CCCNC(=O)COc1cccc(F)c1CN. The van der Waals surface area contributed by atoms with Gasteiger partial charge in [-0.15, -0.1) is 0 Å². The Hall–Kier alpha value is -1.62. The van der Waals surface area contributed by atoms with E-state index in [9.17, 15) is 9.18 Å². The van der Waals surface area contributed by atoms with Crippen molar-refractivity contribution >= 4 is 5.91 Å². The smallest absolute Gasteiger partial charge is 0.257 e. The molecule has 0 aliphatic carbocycles. The summed E-state index contributed by atoms with van der Waals surface area (Å²) in [4.78, 5) is 11.3. The van der Waals surface area contributed by atoms with Crippen LogP contribution in [0.1, 0.15) is 18.9 Å². The van der Waals surface area contributed by atoms with E-state index in [1.807, 2.05) is 6.92 Å². The molecule has 0 aliphatic heterocycles. The highest BCUT2D eigenvalue weighted by Crippen LogP contribution is 2.20. The molecule has 1 aromatic rings. The Kier molecular flexibility index (Phi) is 5.42. The van der Waals surface area contributed by atoms with Gasteiger partial charge in [-0.2, -0.15) is 0 Å². The van der Waals surface area contributed by atoms with Crippen LogP contribution >= 0.6 is 0 Å². The van der Waals surface area contributed by atoms with Gasteiger partial charge in [-0.25, -0.2) is 4.39 Å². The first-order chi connectivity index (χ1) is 8.19. The fourth-order valence-electron chi connectivity index (χ4n) is 1.33. The molecule has 17 heavy (non-hydrogen) atoms. The van der Waals surface area contributed by atoms with Crippen molar-refractivity contribution in [1.29, 1.82) is 0 Å². The van der Waals surface area contributed by atoms with Gasteiger partial charge in [-0.05, 0) is 18.6 Å². The molecule has 94 valence electrons. The number of carbonyl (C=O) groups excluding carboxylic acids is 1. The van der Waals surface area contributed by atoms with Crippen molar-refractivity contribution in [1.82, 2.24) is 5.32 Å². The van der Waals surface area contributed by atoms with Crippen LogP contribution in [0.3, 0.4) is 0 Å². The second kappa shape index (κ2) is 6.85. The first kappa shape index (κ1) is 13.4. The van der Waals surface area contributed by atoms with Crippen LogP contribution < -0.4 is 15.8 Å². The zero-order chi connectivity index (χ0) is 12.7. The van der Waals surface area contributed by atoms with Gasteiger partial charge in [-0.3, -0.25) is 4.79 Å². The van der Waals surface area contributed by atoms with E-state index in [-0.39, 0.29) is 24.6 Å². The lowest BCUT2D eigenvalue weighted by Gasteiger charge is -2.10. The standard InChI is InChI=1S/C12H17FN2O2/c1-2-6-15-12(16)8-17-11-5-3-4-10(13)9(11)7-14/h3-5H,2,6-8,14H2,1H3,(H,15,16). The number of carbonyl (C=O) groups is 1. The zero-order valence-electron chi connectivity index (χ0n) is 9.83. The fourth-order valence-corrected chi connectivity index (χ4v) is 1.33. The molecule has 0 saturated heterocycles. The van der Waals surface area contributed by atoms with Crippen molar-refractivity contribution in [2.45, 2.75) is 19.9 Å². The second-order valence-corrected chi connectivity index (χ2v) is 3.56. The lowest BCUT2D eigenvalue weighted by molar-refractivity contribution is -0.123. The first-order valence-corrected chi connectivity index (χ1v) is 5.56. The van der Waals surface area contributed by atoms with Gasteiger partial charge in [-0.1, -0.05) is 13.0 Å². The maximum absolute atomic E-state index is 13.3. The molecule has 0 spiro atoms. The van der Waals surface area contributed by atoms with Crippen LogP contribution in [0.4, 0.5) is 4.39 Å². The average Bonchev–Trinajstić information content (AvgIpc) is 2.33. The van der Waals surface area contributed by atoms with E-state index < -0.39 is 5.82 Å². The highest BCUT2D eigenvalue weighted by Gasteiger charge is 2.09. The van der Waals surface area contributed by atoms with Crippen molar-refractivity contribution in [2.24, 2.45) is 5.73 Å². The van der Waals surface area contributed by atoms with Gasteiger partial charge in [0.05, 0.1) is 0 Å². The summed E-state index contributed by atoms with van der Waals surface area (Å²) in [5.74, 6) is -0.322. The summed E-state index contributed by atoms with van der Waals surface area (Å²) in [6, 6.07) is 4.43. The average molecular weight is 240 g/mol. The van der Waals surface area contributed by atoms with Crippen molar-refractivity contribution in [3.05, 3.63) is 29.6 Å². The van der Waals surface area contributed by atoms with E-state index >= 15 is 0 Å². The van der Waals surface area contributed by atoms with E-state index in [0.29, 0.717) is 12.3 Å². The molecule has 3 N–H and O–H groups in total. The number of nitrogens with two attached hydrogens (primary N) is 1. The maximum atomic E-state index is 13.3. The number of nitrogens with one attached hydrogen (secondary N) is 1. The molecule has 0 fully saturated rings. The highest BCUT2D eigenvalue weighted by molar-refractivity contribution is 5.77. The Morgan fingerprint density at radius 2 is 2.29 bits per heavy atom. The zero-order valence-corrected chi connectivity index (χ0v) is 9.83. The minimum absolute atomic E-state index is 0.0403. The Balaban J connectivity index is 2.57. The molecule has 0 radical (unpaired) electrons. The van der Waals surface area contributed by atoms with Crippen molar-refractivity contribution in [3.8, 4) is 5.75 Å². The summed E-state index contributed by atoms with van der Waals surface area (Å²) < 4.78 is 18.6. The Morgan fingerprint density at radius 1 is 1.53 bits per heavy atom. The van der Waals surface area contributed by atoms with Gasteiger partial charge in [0.15, 0.2) is 6.61 Å². The first-order valence-electron chi connectivity index (χ1n) is 5.56. The van der Waals surface area contributed by atoms with Crippen LogP contribution in [0.5, 0.6) is 5.75 Å². The van der Waals surface area contributed by atoms with E-state index in [1.165, 1.54) is 12.1 Å². The molecular weight excluding hydrogens is 223 g/mol.